The van der Waals surface area contributed by atoms with Crippen LogP contribution in [-0.2, 0) is 4.57 Å². The molecule has 0 saturated carbocycles. The Morgan fingerprint density at radius 2 is 1.74 bits per heavy atom. The number of halogens is 3. The summed E-state index contributed by atoms with van der Waals surface area (Å²) in [6.07, 6.45) is 0. The molecule has 2 aromatic carbocycles. The van der Waals surface area contributed by atoms with Crippen LogP contribution in [0.3, 0.4) is 0 Å². The van der Waals surface area contributed by atoms with Gasteiger partial charge in [0, 0.05) is 15.8 Å². The van der Waals surface area contributed by atoms with Crippen molar-refractivity contribution in [3.63, 3.8) is 0 Å². The van der Waals surface area contributed by atoms with Gasteiger partial charge in [-0.3, -0.25) is 4.57 Å². The van der Waals surface area contributed by atoms with E-state index in [-0.39, 0.29) is 16.1 Å². The summed E-state index contributed by atoms with van der Waals surface area (Å²) >= 11 is 15.0. The molecule has 0 heterocycles. The first-order valence-electron chi connectivity index (χ1n) is 5.11. The largest absolute Gasteiger partial charge is 0.765 e. The summed E-state index contributed by atoms with van der Waals surface area (Å²) in [6, 6.07) is 10.7. The van der Waals surface area contributed by atoms with Gasteiger partial charge in [-0.2, -0.15) is 0 Å². The van der Waals surface area contributed by atoms with Crippen LogP contribution < -0.4 is 14.7 Å². The zero-order chi connectivity index (χ0) is 14.0. The highest BCUT2D eigenvalue weighted by Crippen LogP contribution is 2.43. The van der Waals surface area contributed by atoms with Crippen molar-refractivity contribution < 1.29 is 14.0 Å². The lowest BCUT2D eigenvalue weighted by Gasteiger charge is -2.25. The van der Waals surface area contributed by atoms with E-state index < -0.39 is 7.60 Å². The van der Waals surface area contributed by atoms with Crippen molar-refractivity contribution in [2.75, 3.05) is 0 Å². The second-order valence-electron chi connectivity index (χ2n) is 3.62. The summed E-state index contributed by atoms with van der Waals surface area (Å²) in [5, 5.41) is 0.542. The van der Waals surface area contributed by atoms with E-state index in [2.05, 4.69) is 15.9 Å². The van der Waals surface area contributed by atoms with Crippen LogP contribution >= 0.6 is 46.7 Å². The highest BCUT2D eigenvalue weighted by atomic mass is 79.9. The van der Waals surface area contributed by atoms with Gasteiger partial charge in [-0.1, -0.05) is 41.4 Å². The molecule has 0 aromatic heterocycles. The fraction of sp³-hybridized carbons (Fsp3) is 0. The first-order chi connectivity index (χ1) is 8.90. The van der Waals surface area contributed by atoms with Crippen LogP contribution in [-0.4, -0.2) is 0 Å². The minimum absolute atomic E-state index is 0.00273. The summed E-state index contributed by atoms with van der Waals surface area (Å²) in [4.78, 5) is 12.0. The summed E-state index contributed by atoms with van der Waals surface area (Å²) in [6.45, 7) is 0. The summed E-state index contributed by atoms with van der Waals surface area (Å²) in [5.74, 6) is -0.00273. The van der Waals surface area contributed by atoms with Crippen molar-refractivity contribution >= 4 is 52.0 Å². The van der Waals surface area contributed by atoms with Crippen molar-refractivity contribution in [1.82, 2.24) is 0 Å². The van der Waals surface area contributed by atoms with E-state index in [1.165, 1.54) is 24.3 Å². The molecular formula is C12H7BrCl2O3P-. The molecule has 2 aromatic rings. The molecule has 19 heavy (non-hydrogen) atoms. The van der Waals surface area contributed by atoms with Gasteiger partial charge in [0.15, 0.2) is 0 Å². The number of benzene rings is 2. The Hall–Kier alpha value is -0.510. The third-order valence-corrected chi connectivity index (χ3v) is 5.13. The quantitative estimate of drug-likeness (QED) is 0.597. The SMILES string of the molecule is O=P([O-])(Oc1cc(Cl)c(Br)cc1Cl)c1ccccc1. The van der Waals surface area contributed by atoms with Gasteiger partial charge in [-0.05, 0) is 34.1 Å². The van der Waals surface area contributed by atoms with Crippen LogP contribution in [0.2, 0.25) is 10.0 Å². The Morgan fingerprint density at radius 1 is 1.11 bits per heavy atom. The van der Waals surface area contributed by atoms with Gasteiger partial charge in [0.25, 0.3) is 0 Å². The van der Waals surface area contributed by atoms with E-state index in [9.17, 15) is 9.46 Å². The van der Waals surface area contributed by atoms with Crippen LogP contribution in [0.5, 0.6) is 5.75 Å². The molecule has 0 radical (unpaired) electrons. The zero-order valence-electron chi connectivity index (χ0n) is 9.35. The second-order valence-corrected chi connectivity index (χ2v) is 6.98. The average molecular weight is 381 g/mol. The monoisotopic (exact) mass is 379 g/mol. The lowest BCUT2D eigenvalue weighted by molar-refractivity contribution is -0.186. The standard InChI is InChI=1S/C12H8BrCl2O3P/c13-9-6-11(15)12(7-10(9)14)18-19(16,17)8-4-2-1-3-5-8/h1-7H,(H,16,17)/p-1. The normalized spacial score (nSPS) is 13.9. The van der Waals surface area contributed by atoms with E-state index in [0.717, 1.165) is 0 Å². The van der Waals surface area contributed by atoms with Crippen LogP contribution in [0.25, 0.3) is 0 Å². The van der Waals surface area contributed by atoms with E-state index in [4.69, 9.17) is 27.7 Å². The predicted octanol–water partition coefficient (Wildman–Crippen LogP) is 4.01. The van der Waals surface area contributed by atoms with Gasteiger partial charge in [-0.25, -0.2) is 0 Å². The summed E-state index contributed by atoms with van der Waals surface area (Å²) in [5.41, 5.74) is 0. The summed E-state index contributed by atoms with van der Waals surface area (Å²) < 4.78 is 17.6. The minimum Gasteiger partial charge on any atom is -0.765 e. The second kappa shape index (κ2) is 5.86. The molecule has 0 bridgehead atoms. The molecule has 0 N–H and O–H groups in total. The van der Waals surface area contributed by atoms with Crippen LogP contribution in [0.15, 0.2) is 46.9 Å². The van der Waals surface area contributed by atoms with Crippen LogP contribution in [0.4, 0.5) is 0 Å². The first kappa shape index (κ1) is 14.9. The molecule has 0 fully saturated rings. The molecule has 1 atom stereocenters. The fourth-order valence-corrected chi connectivity index (χ4v) is 3.30. The Balaban J connectivity index is 2.36. The Kier molecular flexibility index (Phi) is 4.59. The van der Waals surface area contributed by atoms with Crippen LogP contribution in [0.1, 0.15) is 0 Å². The maximum atomic E-state index is 12.0. The molecule has 0 aliphatic rings. The molecular weight excluding hydrogens is 374 g/mol. The van der Waals surface area contributed by atoms with Crippen LogP contribution in [0, 0.1) is 0 Å². The Bertz CT molecular complexity index is 649. The van der Waals surface area contributed by atoms with Gasteiger partial charge in [-0.15, -0.1) is 0 Å². The zero-order valence-corrected chi connectivity index (χ0v) is 13.3. The third-order valence-electron chi connectivity index (χ3n) is 2.27. The molecule has 0 spiro atoms. The van der Waals surface area contributed by atoms with Crippen molar-refractivity contribution in [2.45, 2.75) is 0 Å². The van der Waals surface area contributed by atoms with Crippen molar-refractivity contribution in [3.8, 4) is 5.75 Å². The molecule has 0 aliphatic carbocycles. The smallest absolute Gasteiger partial charge is 0.214 e. The van der Waals surface area contributed by atoms with Crippen molar-refractivity contribution in [2.24, 2.45) is 0 Å². The highest BCUT2D eigenvalue weighted by molar-refractivity contribution is 9.10. The van der Waals surface area contributed by atoms with Crippen molar-refractivity contribution in [1.29, 1.82) is 0 Å². The van der Waals surface area contributed by atoms with E-state index in [1.807, 2.05) is 0 Å². The molecule has 7 heteroatoms. The topological polar surface area (TPSA) is 49.4 Å². The number of hydrogen-bond acceptors (Lipinski definition) is 3. The lowest BCUT2D eigenvalue weighted by atomic mass is 10.3. The molecule has 0 saturated heterocycles. The maximum absolute atomic E-state index is 12.0. The van der Waals surface area contributed by atoms with Gasteiger partial charge in [0.05, 0.1) is 10.0 Å². The Morgan fingerprint density at radius 3 is 2.37 bits per heavy atom. The average Bonchev–Trinajstić information content (AvgIpc) is 2.37. The molecule has 2 rings (SSSR count). The predicted molar refractivity (Wildman–Crippen MR) is 78.5 cm³/mol. The molecule has 0 aliphatic heterocycles. The van der Waals surface area contributed by atoms with E-state index >= 15 is 0 Å². The Labute approximate surface area is 128 Å². The molecule has 3 nitrogen and oxygen atoms in total. The van der Waals surface area contributed by atoms with E-state index in [0.29, 0.717) is 9.50 Å². The molecule has 1 unspecified atom stereocenters. The van der Waals surface area contributed by atoms with Gasteiger partial charge in [0.2, 0.25) is 7.60 Å². The maximum Gasteiger partial charge on any atom is 0.214 e. The minimum atomic E-state index is -4.24. The first-order valence-corrected chi connectivity index (χ1v) is 8.20. The fourth-order valence-electron chi connectivity index (χ4n) is 1.37. The summed E-state index contributed by atoms with van der Waals surface area (Å²) in [7, 11) is -4.24. The van der Waals surface area contributed by atoms with Gasteiger partial charge < -0.3 is 9.42 Å². The van der Waals surface area contributed by atoms with Crippen molar-refractivity contribution in [3.05, 3.63) is 57.0 Å². The lowest BCUT2D eigenvalue weighted by Crippen LogP contribution is -2.19. The van der Waals surface area contributed by atoms with Gasteiger partial charge >= 0.3 is 0 Å². The number of rotatable bonds is 3. The molecule has 100 valence electrons. The third kappa shape index (κ3) is 3.53. The number of hydrogen-bond donors (Lipinski definition) is 0. The molecule has 0 amide bonds. The highest BCUT2D eigenvalue weighted by Gasteiger charge is 2.16. The van der Waals surface area contributed by atoms with Gasteiger partial charge in [0.1, 0.15) is 5.75 Å². The van der Waals surface area contributed by atoms with E-state index in [1.54, 1.807) is 18.2 Å².